The summed E-state index contributed by atoms with van der Waals surface area (Å²) < 4.78 is 1.69. The third-order valence-corrected chi connectivity index (χ3v) is 3.72. The summed E-state index contributed by atoms with van der Waals surface area (Å²) in [6.07, 6.45) is 3.13. The van der Waals surface area contributed by atoms with E-state index >= 15 is 0 Å². The van der Waals surface area contributed by atoms with Crippen molar-refractivity contribution in [3.05, 3.63) is 59.5 Å². The second kappa shape index (κ2) is 6.55. The molecule has 0 atom stereocenters. The standard InChI is InChI=1S/C17H13N3O6/c21-14(22)9-20-15(23)13(18-17(20)26)8-12-2-1-7-19(12)11-5-3-10(4-6-11)16(24)25/h1-8H,9H2,(H,18,26)(H,21,22)(H,24,25)/b13-8+. The van der Waals surface area contributed by atoms with Crippen LogP contribution in [0.5, 0.6) is 0 Å². The lowest BCUT2D eigenvalue weighted by Gasteiger charge is -2.08. The summed E-state index contributed by atoms with van der Waals surface area (Å²) in [4.78, 5) is 46.2. The van der Waals surface area contributed by atoms with Gasteiger partial charge in [-0.3, -0.25) is 9.59 Å². The fourth-order valence-corrected chi connectivity index (χ4v) is 2.51. The number of benzene rings is 1. The van der Waals surface area contributed by atoms with Crippen LogP contribution < -0.4 is 5.32 Å². The molecule has 1 saturated heterocycles. The molecule has 1 aromatic carbocycles. The maximum Gasteiger partial charge on any atom is 0.335 e. The first-order valence-corrected chi connectivity index (χ1v) is 7.44. The van der Waals surface area contributed by atoms with Crippen LogP contribution in [0.3, 0.4) is 0 Å². The van der Waals surface area contributed by atoms with Gasteiger partial charge in [0.25, 0.3) is 5.91 Å². The minimum absolute atomic E-state index is 0.0432. The second-order valence-electron chi connectivity index (χ2n) is 5.43. The van der Waals surface area contributed by atoms with E-state index in [1.54, 1.807) is 35.0 Å². The lowest BCUT2D eigenvalue weighted by atomic mass is 10.2. The molecule has 0 saturated carbocycles. The van der Waals surface area contributed by atoms with Gasteiger partial charge in [0.2, 0.25) is 0 Å². The monoisotopic (exact) mass is 355 g/mol. The Hall–Kier alpha value is -3.88. The number of carboxylic acid groups (broad SMARTS) is 2. The molecule has 2 aromatic rings. The van der Waals surface area contributed by atoms with E-state index in [1.807, 2.05) is 0 Å². The number of carbonyl (C=O) groups excluding carboxylic acids is 2. The highest BCUT2D eigenvalue weighted by Gasteiger charge is 2.35. The van der Waals surface area contributed by atoms with Crippen molar-refractivity contribution in [2.75, 3.05) is 6.54 Å². The molecule has 9 heteroatoms. The minimum atomic E-state index is -1.29. The molecule has 0 bridgehead atoms. The Morgan fingerprint density at radius 1 is 1.08 bits per heavy atom. The highest BCUT2D eigenvalue weighted by Crippen LogP contribution is 2.18. The summed E-state index contributed by atoms with van der Waals surface area (Å²) in [5.41, 5.74) is 1.31. The van der Waals surface area contributed by atoms with E-state index in [9.17, 15) is 19.2 Å². The SMILES string of the molecule is O=C(O)CN1C(=O)N/C(=C/c2cccn2-c2ccc(C(=O)O)cc2)C1=O. The molecule has 1 aromatic heterocycles. The molecule has 1 fully saturated rings. The van der Waals surface area contributed by atoms with Crippen molar-refractivity contribution in [1.82, 2.24) is 14.8 Å². The van der Waals surface area contributed by atoms with Crippen LogP contribution in [0.15, 0.2) is 48.3 Å². The predicted octanol–water partition coefficient (Wildman–Crippen LogP) is 1.15. The first kappa shape index (κ1) is 17.0. The predicted molar refractivity (Wildman–Crippen MR) is 88.6 cm³/mol. The average Bonchev–Trinajstić information content (AvgIpc) is 3.15. The molecule has 1 aliphatic rings. The van der Waals surface area contributed by atoms with Crippen LogP contribution in [0.4, 0.5) is 4.79 Å². The van der Waals surface area contributed by atoms with Gasteiger partial charge in [0.15, 0.2) is 0 Å². The molecule has 0 spiro atoms. The van der Waals surface area contributed by atoms with Gasteiger partial charge in [0, 0.05) is 17.6 Å². The summed E-state index contributed by atoms with van der Waals surface area (Å²) >= 11 is 0. The van der Waals surface area contributed by atoms with E-state index in [0.717, 1.165) is 0 Å². The fraction of sp³-hybridized carbons (Fsp3) is 0.0588. The zero-order valence-electron chi connectivity index (χ0n) is 13.2. The number of imide groups is 1. The summed E-state index contributed by atoms with van der Waals surface area (Å²) in [7, 11) is 0. The Labute approximate surface area is 146 Å². The van der Waals surface area contributed by atoms with Crippen LogP contribution in [0.25, 0.3) is 11.8 Å². The number of carbonyl (C=O) groups is 4. The van der Waals surface area contributed by atoms with Gasteiger partial charge in [-0.05, 0) is 42.5 Å². The molecule has 3 rings (SSSR count). The lowest BCUT2D eigenvalue weighted by Crippen LogP contribution is -2.35. The number of aliphatic carboxylic acids is 1. The number of aromatic nitrogens is 1. The molecule has 26 heavy (non-hydrogen) atoms. The van der Waals surface area contributed by atoms with Crippen LogP contribution in [0.2, 0.25) is 0 Å². The van der Waals surface area contributed by atoms with Gasteiger partial charge in [0.1, 0.15) is 12.2 Å². The third-order valence-electron chi connectivity index (χ3n) is 3.72. The van der Waals surface area contributed by atoms with Gasteiger partial charge in [0.05, 0.1) is 5.56 Å². The second-order valence-corrected chi connectivity index (χ2v) is 5.43. The molecular weight excluding hydrogens is 342 g/mol. The molecule has 3 amide bonds. The van der Waals surface area contributed by atoms with Crippen LogP contribution in [0, 0.1) is 0 Å². The Balaban J connectivity index is 1.90. The molecular formula is C17H13N3O6. The first-order valence-electron chi connectivity index (χ1n) is 7.44. The van der Waals surface area contributed by atoms with Gasteiger partial charge >= 0.3 is 18.0 Å². The largest absolute Gasteiger partial charge is 0.480 e. The van der Waals surface area contributed by atoms with Gasteiger partial charge in [-0.25, -0.2) is 14.5 Å². The molecule has 0 unspecified atom stereocenters. The topological polar surface area (TPSA) is 129 Å². The molecule has 132 valence electrons. The third kappa shape index (κ3) is 3.18. The van der Waals surface area contributed by atoms with E-state index in [2.05, 4.69) is 5.32 Å². The molecule has 2 heterocycles. The molecule has 0 radical (unpaired) electrons. The van der Waals surface area contributed by atoms with Crippen molar-refractivity contribution in [3.63, 3.8) is 0 Å². The number of nitrogens with zero attached hydrogens (tertiary/aromatic N) is 2. The van der Waals surface area contributed by atoms with Crippen LogP contribution in [0.1, 0.15) is 16.1 Å². The fourth-order valence-electron chi connectivity index (χ4n) is 2.51. The number of carboxylic acids is 2. The summed E-state index contributed by atoms with van der Waals surface area (Å²) in [5.74, 6) is -3.06. The van der Waals surface area contributed by atoms with Crippen LogP contribution >= 0.6 is 0 Å². The maximum atomic E-state index is 12.2. The number of hydrogen-bond acceptors (Lipinski definition) is 4. The van der Waals surface area contributed by atoms with Gasteiger partial charge in [-0.2, -0.15) is 0 Å². The Morgan fingerprint density at radius 3 is 2.38 bits per heavy atom. The normalized spacial score (nSPS) is 15.4. The quantitative estimate of drug-likeness (QED) is 0.545. The Bertz CT molecular complexity index is 942. The van der Waals surface area contributed by atoms with E-state index < -0.39 is 30.4 Å². The van der Waals surface area contributed by atoms with Crippen molar-refractivity contribution in [2.24, 2.45) is 0 Å². The van der Waals surface area contributed by atoms with Gasteiger partial charge in [-0.1, -0.05) is 0 Å². The first-order chi connectivity index (χ1) is 12.4. The summed E-state index contributed by atoms with van der Waals surface area (Å²) in [5, 5.41) is 20.1. The van der Waals surface area contributed by atoms with Gasteiger partial charge in [-0.15, -0.1) is 0 Å². The molecule has 0 aliphatic carbocycles. The van der Waals surface area contributed by atoms with Crippen molar-refractivity contribution < 1.29 is 29.4 Å². The summed E-state index contributed by atoms with van der Waals surface area (Å²) in [6, 6.07) is 8.73. The van der Waals surface area contributed by atoms with Crippen molar-refractivity contribution in [1.29, 1.82) is 0 Å². The number of amides is 3. The number of rotatable bonds is 5. The van der Waals surface area contributed by atoms with Crippen molar-refractivity contribution in [2.45, 2.75) is 0 Å². The highest BCUT2D eigenvalue weighted by molar-refractivity contribution is 6.15. The van der Waals surface area contributed by atoms with E-state index in [4.69, 9.17) is 10.2 Å². The molecule has 9 nitrogen and oxygen atoms in total. The van der Waals surface area contributed by atoms with E-state index in [-0.39, 0.29) is 11.3 Å². The zero-order chi connectivity index (χ0) is 18.8. The van der Waals surface area contributed by atoms with Crippen LogP contribution in [-0.4, -0.2) is 50.1 Å². The van der Waals surface area contributed by atoms with Crippen LogP contribution in [-0.2, 0) is 9.59 Å². The molecule has 1 aliphatic heterocycles. The number of nitrogens with one attached hydrogen (secondary N) is 1. The average molecular weight is 355 g/mol. The van der Waals surface area contributed by atoms with E-state index in [1.165, 1.54) is 18.2 Å². The Kier molecular flexibility index (Phi) is 4.27. The summed E-state index contributed by atoms with van der Waals surface area (Å²) in [6.45, 7) is -0.723. The minimum Gasteiger partial charge on any atom is -0.480 e. The maximum absolute atomic E-state index is 12.2. The Morgan fingerprint density at radius 2 is 1.77 bits per heavy atom. The highest BCUT2D eigenvalue weighted by atomic mass is 16.4. The zero-order valence-corrected chi connectivity index (χ0v) is 13.2. The van der Waals surface area contributed by atoms with Crippen molar-refractivity contribution >= 4 is 30.0 Å². The van der Waals surface area contributed by atoms with Crippen molar-refractivity contribution in [3.8, 4) is 5.69 Å². The number of hydrogen-bond donors (Lipinski definition) is 3. The van der Waals surface area contributed by atoms with Gasteiger partial charge < -0.3 is 20.1 Å². The van der Waals surface area contributed by atoms with E-state index in [0.29, 0.717) is 16.3 Å². The molecule has 3 N–H and O–H groups in total. The number of urea groups is 1. The number of aromatic carboxylic acids is 1. The lowest BCUT2D eigenvalue weighted by molar-refractivity contribution is -0.140. The smallest absolute Gasteiger partial charge is 0.335 e.